The molecule has 0 nitrogen and oxygen atoms in total. The van der Waals surface area contributed by atoms with Crippen LogP contribution in [0.15, 0.2) is 60.3 Å². The van der Waals surface area contributed by atoms with Crippen molar-refractivity contribution in [2.75, 3.05) is 0 Å². The number of hydrogen-bond donors (Lipinski definition) is 0. The lowest BCUT2D eigenvalue weighted by Gasteiger charge is -2.05. The molecule has 0 bridgehead atoms. The zero-order chi connectivity index (χ0) is 12.3. The average Bonchev–Trinajstić information content (AvgIpc) is 2.31. The molecule has 0 saturated heterocycles. The van der Waals surface area contributed by atoms with Gasteiger partial charge in [0.15, 0.2) is 0 Å². The molecule has 0 unspecified atom stereocenters. The molecule has 0 aliphatic rings. The Morgan fingerprint density at radius 1 is 1.00 bits per heavy atom. The largest absolute Gasteiger partial charge is 0.0988 e. The first kappa shape index (κ1) is 16.1. The van der Waals surface area contributed by atoms with Crippen molar-refractivity contribution >= 4 is 0 Å². The van der Waals surface area contributed by atoms with Gasteiger partial charge in [0.1, 0.15) is 0 Å². The van der Waals surface area contributed by atoms with E-state index in [1.54, 1.807) is 0 Å². The van der Waals surface area contributed by atoms with Crippen LogP contribution in [-0.2, 0) is 0 Å². The first-order valence-electron chi connectivity index (χ1n) is 5.46. The number of rotatable bonds is 4. The van der Waals surface area contributed by atoms with E-state index in [0.717, 1.165) is 11.1 Å². The highest BCUT2D eigenvalue weighted by atomic mass is 14.0. The minimum atomic E-state index is 1.15. The van der Waals surface area contributed by atoms with Crippen molar-refractivity contribution in [3.8, 4) is 0 Å². The van der Waals surface area contributed by atoms with E-state index in [1.165, 1.54) is 5.57 Å². The minimum Gasteiger partial charge on any atom is -0.0988 e. The van der Waals surface area contributed by atoms with Gasteiger partial charge >= 0.3 is 0 Å². The lowest BCUT2D eigenvalue weighted by Crippen LogP contribution is -1.86. The standard InChI is InChI=1S/C13H18.C2H6/c1-6-10-12(8-3)13(9-4)11(5)7-2;1-2/h6-10H,2,4H2,1,3,5H3;1-2H3/b10-6-,12-8-,13-11-;. The van der Waals surface area contributed by atoms with Crippen LogP contribution in [0.3, 0.4) is 0 Å². The molecule has 0 amide bonds. The molecule has 0 fully saturated rings. The number of hydrogen-bond acceptors (Lipinski definition) is 0. The third kappa shape index (κ3) is 5.90. The van der Waals surface area contributed by atoms with E-state index in [1.807, 2.05) is 52.8 Å². The van der Waals surface area contributed by atoms with Gasteiger partial charge < -0.3 is 0 Å². The maximum Gasteiger partial charge on any atom is -0.0164 e. The molecule has 0 aliphatic carbocycles. The van der Waals surface area contributed by atoms with Gasteiger partial charge in [-0.25, -0.2) is 0 Å². The highest BCUT2D eigenvalue weighted by Crippen LogP contribution is 2.17. The second-order valence-electron chi connectivity index (χ2n) is 2.75. The van der Waals surface area contributed by atoms with E-state index >= 15 is 0 Å². The van der Waals surface area contributed by atoms with Gasteiger partial charge in [-0.1, -0.05) is 57.4 Å². The van der Waals surface area contributed by atoms with Crippen LogP contribution in [0.2, 0.25) is 0 Å². The van der Waals surface area contributed by atoms with Crippen LogP contribution >= 0.6 is 0 Å². The highest BCUT2D eigenvalue weighted by molar-refractivity contribution is 5.50. The summed E-state index contributed by atoms with van der Waals surface area (Å²) in [5, 5.41) is 0. The summed E-state index contributed by atoms with van der Waals surface area (Å²) in [6.45, 7) is 17.6. The van der Waals surface area contributed by atoms with E-state index in [9.17, 15) is 0 Å². The molecule has 0 heterocycles. The number of allylic oxidation sites excluding steroid dienone is 8. The van der Waals surface area contributed by atoms with Gasteiger partial charge in [-0.05, 0) is 37.5 Å². The third-order valence-corrected chi connectivity index (χ3v) is 1.90. The van der Waals surface area contributed by atoms with Gasteiger partial charge in [-0.15, -0.1) is 0 Å². The van der Waals surface area contributed by atoms with Crippen molar-refractivity contribution in [2.24, 2.45) is 0 Å². The highest BCUT2D eigenvalue weighted by Gasteiger charge is 1.98. The fraction of sp³-hybridized carbons (Fsp3) is 0.333. The summed E-state index contributed by atoms with van der Waals surface area (Å²) in [7, 11) is 0. The Bertz CT molecular complexity index is 272. The van der Waals surface area contributed by atoms with Gasteiger partial charge in [-0.3, -0.25) is 0 Å². The second-order valence-corrected chi connectivity index (χ2v) is 2.75. The molecule has 0 aromatic heterocycles. The smallest absolute Gasteiger partial charge is 0.0164 e. The quantitative estimate of drug-likeness (QED) is 0.550. The van der Waals surface area contributed by atoms with Crippen molar-refractivity contribution in [3.05, 3.63) is 60.3 Å². The Kier molecular flexibility index (Phi) is 11.6. The van der Waals surface area contributed by atoms with Crippen molar-refractivity contribution < 1.29 is 0 Å². The SMILES string of the molecule is C=C\C(C)=C(C=C)/C(/C=C\C)=C\C.CC. The van der Waals surface area contributed by atoms with Crippen LogP contribution in [0.1, 0.15) is 34.6 Å². The summed E-state index contributed by atoms with van der Waals surface area (Å²) in [5.74, 6) is 0. The molecular formula is C15H24. The second kappa shape index (κ2) is 10.8. The average molecular weight is 204 g/mol. The fourth-order valence-electron chi connectivity index (χ4n) is 1.14. The van der Waals surface area contributed by atoms with Crippen LogP contribution < -0.4 is 0 Å². The molecule has 0 aliphatic heterocycles. The van der Waals surface area contributed by atoms with E-state index in [2.05, 4.69) is 25.3 Å². The normalized spacial score (nSPS) is 12.7. The molecule has 84 valence electrons. The van der Waals surface area contributed by atoms with E-state index < -0.39 is 0 Å². The van der Waals surface area contributed by atoms with Crippen molar-refractivity contribution in [2.45, 2.75) is 34.6 Å². The molecule has 0 aromatic carbocycles. The van der Waals surface area contributed by atoms with Crippen LogP contribution in [0.5, 0.6) is 0 Å². The maximum atomic E-state index is 3.80. The maximum absolute atomic E-state index is 3.80. The van der Waals surface area contributed by atoms with E-state index in [0.29, 0.717) is 0 Å². The Labute approximate surface area is 95.4 Å². The topological polar surface area (TPSA) is 0 Å². The summed E-state index contributed by atoms with van der Waals surface area (Å²) >= 11 is 0. The summed E-state index contributed by atoms with van der Waals surface area (Å²) in [6, 6.07) is 0. The van der Waals surface area contributed by atoms with Crippen LogP contribution in [0.25, 0.3) is 0 Å². The molecule has 0 atom stereocenters. The fourth-order valence-corrected chi connectivity index (χ4v) is 1.14. The van der Waals surface area contributed by atoms with Crippen molar-refractivity contribution in [1.82, 2.24) is 0 Å². The van der Waals surface area contributed by atoms with Crippen LogP contribution in [0.4, 0.5) is 0 Å². The first-order valence-corrected chi connectivity index (χ1v) is 5.46. The zero-order valence-electron chi connectivity index (χ0n) is 10.8. The molecule has 0 saturated carbocycles. The monoisotopic (exact) mass is 204 g/mol. The Balaban J connectivity index is 0. The van der Waals surface area contributed by atoms with E-state index in [4.69, 9.17) is 0 Å². The summed E-state index contributed by atoms with van der Waals surface area (Å²) < 4.78 is 0. The Hall–Kier alpha value is -1.30. The Morgan fingerprint density at radius 2 is 1.53 bits per heavy atom. The van der Waals surface area contributed by atoms with Crippen LogP contribution in [-0.4, -0.2) is 0 Å². The molecule has 0 heteroatoms. The van der Waals surface area contributed by atoms with Gasteiger partial charge in [0.25, 0.3) is 0 Å². The molecular weight excluding hydrogens is 180 g/mol. The molecule has 0 N–H and O–H groups in total. The predicted octanol–water partition coefficient (Wildman–Crippen LogP) is 5.22. The van der Waals surface area contributed by atoms with Gasteiger partial charge in [0.05, 0.1) is 0 Å². The molecule has 0 spiro atoms. The molecule has 0 radical (unpaired) electrons. The first-order chi connectivity index (χ1) is 7.21. The van der Waals surface area contributed by atoms with E-state index in [-0.39, 0.29) is 0 Å². The lowest BCUT2D eigenvalue weighted by molar-refractivity contribution is 1.39. The third-order valence-electron chi connectivity index (χ3n) is 1.90. The zero-order valence-corrected chi connectivity index (χ0v) is 10.8. The van der Waals surface area contributed by atoms with Gasteiger partial charge in [-0.2, -0.15) is 0 Å². The van der Waals surface area contributed by atoms with Gasteiger partial charge in [0, 0.05) is 0 Å². The summed E-state index contributed by atoms with van der Waals surface area (Å²) in [5.41, 5.74) is 3.49. The van der Waals surface area contributed by atoms with Crippen molar-refractivity contribution in [3.63, 3.8) is 0 Å². The van der Waals surface area contributed by atoms with Crippen LogP contribution in [0, 0.1) is 0 Å². The Morgan fingerprint density at radius 3 is 1.80 bits per heavy atom. The molecule has 15 heavy (non-hydrogen) atoms. The predicted molar refractivity (Wildman–Crippen MR) is 73.0 cm³/mol. The summed E-state index contributed by atoms with van der Waals surface area (Å²) in [6.07, 6.45) is 9.89. The van der Waals surface area contributed by atoms with Gasteiger partial charge in [0.2, 0.25) is 0 Å². The summed E-state index contributed by atoms with van der Waals surface area (Å²) in [4.78, 5) is 0. The molecule has 0 aromatic rings. The minimum absolute atomic E-state index is 1.15. The molecule has 0 rings (SSSR count). The lowest BCUT2D eigenvalue weighted by atomic mass is 10.00. The van der Waals surface area contributed by atoms with Crippen molar-refractivity contribution in [1.29, 1.82) is 0 Å².